The Bertz CT molecular complexity index is 1280. The van der Waals surface area contributed by atoms with Crippen LogP contribution in [0.5, 0.6) is 0 Å². The number of rotatable bonds is 8. The first kappa shape index (κ1) is 20.7. The SMILES string of the molecule is CCCCn1c(=O)[nH]c2c(nc(Cc3ccnnc3)n2CC(N)c2ccccc2)c1=O. The predicted molar refractivity (Wildman–Crippen MR) is 118 cm³/mol. The maximum absolute atomic E-state index is 13.0. The third-order valence-electron chi connectivity index (χ3n) is 5.31. The lowest BCUT2D eigenvalue weighted by Crippen LogP contribution is -2.35. The van der Waals surface area contributed by atoms with E-state index in [0.717, 1.165) is 24.0 Å². The number of imidazole rings is 1. The van der Waals surface area contributed by atoms with Gasteiger partial charge in [0.15, 0.2) is 5.52 Å². The molecule has 160 valence electrons. The molecule has 1 atom stereocenters. The van der Waals surface area contributed by atoms with E-state index in [1.165, 1.54) is 4.57 Å². The highest BCUT2D eigenvalue weighted by molar-refractivity contribution is 5.70. The Morgan fingerprint density at radius 1 is 1.10 bits per heavy atom. The molecule has 0 amide bonds. The first-order chi connectivity index (χ1) is 15.1. The van der Waals surface area contributed by atoms with Crippen molar-refractivity contribution in [3.8, 4) is 0 Å². The zero-order valence-electron chi connectivity index (χ0n) is 17.4. The summed E-state index contributed by atoms with van der Waals surface area (Å²) in [6.45, 7) is 2.74. The van der Waals surface area contributed by atoms with Gasteiger partial charge in [-0.1, -0.05) is 43.7 Å². The number of benzene rings is 1. The Hall–Kier alpha value is -3.59. The summed E-state index contributed by atoms with van der Waals surface area (Å²) in [5.41, 5.74) is 8.14. The van der Waals surface area contributed by atoms with Crippen LogP contribution in [0.2, 0.25) is 0 Å². The van der Waals surface area contributed by atoms with Gasteiger partial charge >= 0.3 is 5.69 Å². The second-order valence-electron chi connectivity index (χ2n) is 7.52. The molecular weight excluding hydrogens is 394 g/mol. The molecule has 0 aliphatic carbocycles. The number of nitrogens with two attached hydrogens (primary N) is 1. The highest BCUT2D eigenvalue weighted by Gasteiger charge is 2.20. The van der Waals surface area contributed by atoms with Gasteiger partial charge < -0.3 is 10.3 Å². The Kier molecular flexibility index (Phi) is 6.03. The van der Waals surface area contributed by atoms with Crippen LogP contribution in [-0.2, 0) is 19.5 Å². The van der Waals surface area contributed by atoms with Crippen LogP contribution in [-0.4, -0.2) is 29.3 Å². The fraction of sp³-hybridized carbons (Fsp3) is 0.318. The molecule has 1 unspecified atom stereocenters. The quantitative estimate of drug-likeness (QED) is 0.448. The number of H-pyrrole nitrogens is 1. The summed E-state index contributed by atoms with van der Waals surface area (Å²) in [6, 6.07) is 11.2. The molecule has 31 heavy (non-hydrogen) atoms. The highest BCUT2D eigenvalue weighted by Crippen LogP contribution is 2.19. The van der Waals surface area contributed by atoms with Crippen LogP contribution in [0.3, 0.4) is 0 Å². The zero-order valence-corrected chi connectivity index (χ0v) is 17.4. The monoisotopic (exact) mass is 419 g/mol. The lowest BCUT2D eigenvalue weighted by Gasteiger charge is -2.16. The van der Waals surface area contributed by atoms with Crippen molar-refractivity contribution >= 4 is 11.2 Å². The van der Waals surface area contributed by atoms with Crippen LogP contribution >= 0.6 is 0 Å². The first-order valence-electron chi connectivity index (χ1n) is 10.4. The Labute approximate surface area is 178 Å². The van der Waals surface area contributed by atoms with E-state index in [-0.39, 0.29) is 17.1 Å². The minimum Gasteiger partial charge on any atom is -0.322 e. The molecular formula is C22H25N7O2. The molecule has 1 aromatic carbocycles. The van der Waals surface area contributed by atoms with E-state index in [2.05, 4.69) is 20.2 Å². The Balaban J connectivity index is 1.83. The van der Waals surface area contributed by atoms with Crippen molar-refractivity contribution in [3.63, 3.8) is 0 Å². The van der Waals surface area contributed by atoms with E-state index in [0.29, 0.717) is 31.0 Å². The van der Waals surface area contributed by atoms with Crippen molar-refractivity contribution in [3.05, 3.63) is 86.6 Å². The van der Waals surface area contributed by atoms with E-state index in [1.807, 2.05) is 47.9 Å². The number of hydrogen-bond acceptors (Lipinski definition) is 6. The maximum Gasteiger partial charge on any atom is 0.330 e. The lowest BCUT2D eigenvalue weighted by atomic mass is 10.1. The molecule has 3 N–H and O–H groups in total. The fourth-order valence-corrected chi connectivity index (χ4v) is 3.62. The molecule has 9 nitrogen and oxygen atoms in total. The van der Waals surface area contributed by atoms with Crippen LogP contribution < -0.4 is 17.0 Å². The molecule has 0 saturated heterocycles. The number of nitrogens with one attached hydrogen (secondary N) is 1. The van der Waals surface area contributed by atoms with E-state index < -0.39 is 5.69 Å². The van der Waals surface area contributed by atoms with E-state index >= 15 is 0 Å². The topological polar surface area (TPSA) is 124 Å². The van der Waals surface area contributed by atoms with Crippen molar-refractivity contribution in [1.82, 2.24) is 29.3 Å². The minimum atomic E-state index is -0.433. The summed E-state index contributed by atoms with van der Waals surface area (Å²) in [5.74, 6) is 0.635. The van der Waals surface area contributed by atoms with Gasteiger partial charge in [-0.3, -0.25) is 14.3 Å². The van der Waals surface area contributed by atoms with Gasteiger partial charge in [-0.05, 0) is 23.6 Å². The van der Waals surface area contributed by atoms with Gasteiger partial charge in [0.05, 0.1) is 6.20 Å². The molecule has 4 rings (SSSR count). The molecule has 0 aliphatic heterocycles. The van der Waals surface area contributed by atoms with Gasteiger partial charge in [0, 0.05) is 31.7 Å². The van der Waals surface area contributed by atoms with Crippen molar-refractivity contribution in [2.24, 2.45) is 5.73 Å². The summed E-state index contributed by atoms with van der Waals surface area (Å²) in [7, 11) is 0. The standard InChI is InChI=1S/C22H25N7O2/c1-2-3-11-28-21(30)19-20(27-22(28)31)29(14-17(23)16-7-5-4-6-8-16)18(26-19)12-15-9-10-24-25-13-15/h4-10,13,17H,2-3,11-12,14,23H2,1H3,(H,27,31). The molecule has 3 aromatic heterocycles. The number of fused-ring (bicyclic) bond motifs is 1. The van der Waals surface area contributed by atoms with Crippen LogP contribution in [0, 0.1) is 0 Å². The molecule has 3 heterocycles. The van der Waals surface area contributed by atoms with E-state index in [4.69, 9.17) is 5.73 Å². The molecule has 0 spiro atoms. The number of aromatic amines is 1. The van der Waals surface area contributed by atoms with Crippen LogP contribution in [0.15, 0.2) is 58.4 Å². The minimum absolute atomic E-state index is 0.244. The van der Waals surface area contributed by atoms with Gasteiger partial charge in [-0.2, -0.15) is 10.2 Å². The molecule has 9 heteroatoms. The van der Waals surface area contributed by atoms with E-state index in [1.54, 1.807) is 12.4 Å². The van der Waals surface area contributed by atoms with Crippen molar-refractivity contribution in [2.45, 2.75) is 45.3 Å². The van der Waals surface area contributed by atoms with Crippen molar-refractivity contribution in [1.29, 1.82) is 0 Å². The first-order valence-corrected chi connectivity index (χ1v) is 10.4. The number of hydrogen-bond donors (Lipinski definition) is 2. The normalized spacial score (nSPS) is 12.3. The summed E-state index contributed by atoms with van der Waals surface area (Å²) in [6.07, 6.45) is 5.32. The van der Waals surface area contributed by atoms with Crippen LogP contribution in [0.4, 0.5) is 0 Å². The van der Waals surface area contributed by atoms with Crippen LogP contribution in [0.25, 0.3) is 11.2 Å². The second-order valence-corrected chi connectivity index (χ2v) is 7.52. The maximum atomic E-state index is 13.0. The number of aromatic nitrogens is 6. The summed E-state index contributed by atoms with van der Waals surface area (Å²) < 4.78 is 3.05. The largest absolute Gasteiger partial charge is 0.330 e. The van der Waals surface area contributed by atoms with Gasteiger partial charge in [0.2, 0.25) is 0 Å². The average molecular weight is 419 g/mol. The molecule has 0 radical (unpaired) electrons. The number of nitrogens with zero attached hydrogens (tertiary/aromatic N) is 5. The molecule has 0 saturated carbocycles. The fourth-order valence-electron chi connectivity index (χ4n) is 3.62. The molecule has 0 bridgehead atoms. The highest BCUT2D eigenvalue weighted by atomic mass is 16.2. The van der Waals surface area contributed by atoms with Crippen molar-refractivity contribution < 1.29 is 0 Å². The lowest BCUT2D eigenvalue weighted by molar-refractivity contribution is 0.563. The summed E-state index contributed by atoms with van der Waals surface area (Å²) >= 11 is 0. The molecule has 4 aromatic rings. The second kappa shape index (κ2) is 9.05. The summed E-state index contributed by atoms with van der Waals surface area (Å²) in [5, 5.41) is 7.73. The smallest absolute Gasteiger partial charge is 0.322 e. The molecule has 0 aliphatic rings. The van der Waals surface area contributed by atoms with Gasteiger partial charge in [-0.25, -0.2) is 9.78 Å². The molecule has 0 fully saturated rings. The van der Waals surface area contributed by atoms with Gasteiger partial charge in [-0.15, -0.1) is 0 Å². The summed E-state index contributed by atoms with van der Waals surface area (Å²) in [4.78, 5) is 33.2. The third-order valence-corrected chi connectivity index (χ3v) is 5.31. The van der Waals surface area contributed by atoms with Crippen molar-refractivity contribution in [2.75, 3.05) is 0 Å². The predicted octanol–water partition coefficient (Wildman–Crippen LogP) is 1.77. The Morgan fingerprint density at radius 3 is 2.61 bits per heavy atom. The van der Waals surface area contributed by atoms with E-state index in [9.17, 15) is 9.59 Å². The number of unbranched alkanes of at least 4 members (excludes halogenated alkanes) is 1. The van der Waals surface area contributed by atoms with Crippen LogP contribution in [0.1, 0.15) is 42.8 Å². The van der Waals surface area contributed by atoms with Gasteiger partial charge in [0.25, 0.3) is 5.56 Å². The zero-order chi connectivity index (χ0) is 21.8. The Morgan fingerprint density at radius 2 is 1.90 bits per heavy atom. The van der Waals surface area contributed by atoms with Gasteiger partial charge in [0.1, 0.15) is 11.5 Å². The average Bonchev–Trinajstić information content (AvgIpc) is 3.12. The third kappa shape index (κ3) is 4.31.